The van der Waals surface area contributed by atoms with E-state index in [1.165, 1.54) is 88.3 Å². The number of likely N-dealkylation sites (N-methyl/N-ethyl adjacent to an activating group) is 1. The molecular weight excluding hydrogens is 518 g/mol. The third-order valence-electron chi connectivity index (χ3n) is 7.94. The van der Waals surface area contributed by atoms with E-state index >= 15 is 0 Å². The number of rotatable bonds is 15. The van der Waals surface area contributed by atoms with Crippen molar-refractivity contribution in [2.24, 2.45) is 17.8 Å². The van der Waals surface area contributed by atoms with Gasteiger partial charge in [-0.3, -0.25) is 14.4 Å². The molecule has 0 aromatic rings. The third-order valence-corrected chi connectivity index (χ3v) is 7.94. The highest BCUT2D eigenvalue weighted by molar-refractivity contribution is 5.93. The number of carbonyl (C=O) groups excluding carboxylic acids is 4. The first kappa shape index (κ1) is 36.4. The van der Waals surface area contributed by atoms with Gasteiger partial charge in [-0.05, 0) is 24.3 Å². The van der Waals surface area contributed by atoms with E-state index in [9.17, 15) is 19.2 Å². The summed E-state index contributed by atoms with van der Waals surface area (Å²) in [6.07, 6.45) is 18.0. The van der Waals surface area contributed by atoms with Crippen LogP contribution in [-0.4, -0.2) is 54.3 Å². The molecule has 0 aliphatic carbocycles. The zero-order valence-electron chi connectivity index (χ0n) is 26.6. The van der Waals surface area contributed by atoms with Crippen LogP contribution in [0.25, 0.3) is 0 Å². The molecule has 3 amide bonds. The first-order valence-corrected chi connectivity index (χ1v) is 15.9. The minimum atomic E-state index is -0.891. The summed E-state index contributed by atoms with van der Waals surface area (Å²) in [5, 5.41) is 5.45. The summed E-state index contributed by atoms with van der Waals surface area (Å²) in [6.45, 7) is 13.2. The van der Waals surface area contributed by atoms with Gasteiger partial charge in [0.15, 0.2) is 0 Å². The molecule has 1 heterocycles. The van der Waals surface area contributed by atoms with Gasteiger partial charge in [0.2, 0.25) is 17.7 Å². The van der Waals surface area contributed by atoms with E-state index in [1.54, 1.807) is 6.92 Å². The van der Waals surface area contributed by atoms with Crippen molar-refractivity contribution in [3.63, 3.8) is 0 Å². The van der Waals surface area contributed by atoms with Crippen molar-refractivity contribution in [3.8, 4) is 0 Å². The van der Waals surface area contributed by atoms with Crippen LogP contribution in [0.5, 0.6) is 0 Å². The second-order valence-corrected chi connectivity index (χ2v) is 12.2. The van der Waals surface area contributed by atoms with Crippen LogP contribution in [0.3, 0.4) is 0 Å². The SMILES string of the molecule is C=C1/C=C/C(=O)N(C)CC(=O)N[C@@H](C(C)C)C(=O)O[C@@H]([C@H](C)CCCCCCCCCCCCCC)[C@H](C)C(=O)N1. The van der Waals surface area contributed by atoms with E-state index in [1.807, 2.05) is 20.8 Å². The summed E-state index contributed by atoms with van der Waals surface area (Å²) in [6, 6.07) is -0.891. The average molecular weight is 576 g/mol. The highest BCUT2D eigenvalue weighted by Gasteiger charge is 2.35. The average Bonchev–Trinajstić information content (AvgIpc) is 2.92. The maximum atomic E-state index is 13.3. The second-order valence-electron chi connectivity index (χ2n) is 12.2. The summed E-state index contributed by atoms with van der Waals surface area (Å²) < 4.78 is 5.99. The molecule has 2 N–H and O–H groups in total. The Morgan fingerprint density at radius 2 is 1.44 bits per heavy atom. The van der Waals surface area contributed by atoms with Crippen LogP contribution in [0.15, 0.2) is 24.4 Å². The largest absolute Gasteiger partial charge is 0.460 e. The van der Waals surface area contributed by atoms with E-state index < -0.39 is 35.8 Å². The first-order chi connectivity index (χ1) is 19.5. The maximum Gasteiger partial charge on any atom is 0.329 e. The zero-order chi connectivity index (χ0) is 30.8. The van der Waals surface area contributed by atoms with Crippen LogP contribution < -0.4 is 10.6 Å². The summed E-state index contributed by atoms with van der Waals surface area (Å²) >= 11 is 0. The molecular formula is C33H57N3O5. The minimum Gasteiger partial charge on any atom is -0.460 e. The van der Waals surface area contributed by atoms with Crippen LogP contribution in [0.2, 0.25) is 0 Å². The Morgan fingerprint density at radius 3 is 1.98 bits per heavy atom. The van der Waals surface area contributed by atoms with Gasteiger partial charge < -0.3 is 20.3 Å². The molecule has 234 valence electrons. The number of amides is 3. The summed E-state index contributed by atoms with van der Waals surface area (Å²) in [5.41, 5.74) is 0.252. The van der Waals surface area contributed by atoms with Crippen LogP contribution in [0, 0.1) is 17.8 Å². The molecule has 0 aromatic heterocycles. The van der Waals surface area contributed by atoms with Gasteiger partial charge >= 0.3 is 5.97 Å². The molecule has 8 heteroatoms. The zero-order valence-corrected chi connectivity index (χ0v) is 26.6. The van der Waals surface area contributed by atoms with Crippen LogP contribution in [0.4, 0.5) is 0 Å². The van der Waals surface area contributed by atoms with Gasteiger partial charge in [-0.25, -0.2) is 4.79 Å². The molecule has 0 unspecified atom stereocenters. The number of cyclic esters (lactones) is 1. The molecule has 0 fully saturated rings. The van der Waals surface area contributed by atoms with Crippen LogP contribution in [0.1, 0.15) is 118 Å². The summed E-state index contributed by atoms with van der Waals surface area (Å²) in [5.74, 6) is -2.72. The topological polar surface area (TPSA) is 105 Å². The number of hydrogen-bond donors (Lipinski definition) is 2. The molecule has 1 rings (SSSR count). The fourth-order valence-electron chi connectivity index (χ4n) is 5.16. The Labute approximate surface area is 249 Å². The monoisotopic (exact) mass is 575 g/mol. The lowest BCUT2D eigenvalue weighted by molar-refractivity contribution is -0.161. The standard InChI is InChI=1S/C33H57N3O5/c1-8-9-10-11-12-13-14-15-16-17-18-19-20-25(4)31-27(6)32(39)34-26(5)21-22-29(38)36(7)23-28(37)35-30(24(2)3)33(40)41-31/h21-22,24-25,27,30-31H,5,8-20,23H2,1-4,6-7H3,(H,34,39)(H,35,37)/b22-21+/t25-,27+,30+,31+/m1/s1. The molecule has 0 saturated carbocycles. The smallest absolute Gasteiger partial charge is 0.329 e. The van der Waals surface area contributed by atoms with Gasteiger partial charge in [0, 0.05) is 18.8 Å². The maximum absolute atomic E-state index is 13.3. The molecule has 4 atom stereocenters. The van der Waals surface area contributed by atoms with Gasteiger partial charge in [-0.2, -0.15) is 0 Å². The predicted molar refractivity (Wildman–Crippen MR) is 165 cm³/mol. The number of ether oxygens (including phenoxy) is 1. The molecule has 0 bridgehead atoms. The quantitative estimate of drug-likeness (QED) is 0.182. The number of nitrogens with one attached hydrogen (secondary N) is 2. The third kappa shape index (κ3) is 14.7. The van der Waals surface area contributed by atoms with Crippen molar-refractivity contribution in [2.75, 3.05) is 13.6 Å². The fourth-order valence-corrected chi connectivity index (χ4v) is 5.16. The van der Waals surface area contributed by atoms with Gasteiger partial charge in [-0.15, -0.1) is 0 Å². The minimum absolute atomic E-state index is 0.0569. The van der Waals surface area contributed by atoms with Gasteiger partial charge in [0.25, 0.3) is 0 Å². The summed E-state index contributed by atoms with van der Waals surface area (Å²) in [7, 11) is 1.49. The molecule has 41 heavy (non-hydrogen) atoms. The summed E-state index contributed by atoms with van der Waals surface area (Å²) in [4.78, 5) is 52.7. The van der Waals surface area contributed by atoms with E-state index in [-0.39, 0.29) is 30.0 Å². The van der Waals surface area contributed by atoms with Crippen molar-refractivity contribution >= 4 is 23.7 Å². The van der Waals surface area contributed by atoms with Crippen molar-refractivity contribution < 1.29 is 23.9 Å². The number of unbranched alkanes of at least 4 members (excludes halogenated alkanes) is 11. The number of carbonyl (C=O) groups is 4. The second kappa shape index (κ2) is 20.3. The van der Waals surface area contributed by atoms with Crippen molar-refractivity contribution in [1.29, 1.82) is 0 Å². The molecule has 0 radical (unpaired) electrons. The van der Waals surface area contributed by atoms with E-state index in [0.717, 1.165) is 19.3 Å². The highest BCUT2D eigenvalue weighted by Crippen LogP contribution is 2.25. The van der Waals surface area contributed by atoms with Crippen molar-refractivity contribution in [3.05, 3.63) is 24.4 Å². The normalized spacial score (nSPS) is 23.0. The lowest BCUT2D eigenvalue weighted by atomic mass is 9.88. The first-order valence-electron chi connectivity index (χ1n) is 15.9. The van der Waals surface area contributed by atoms with Crippen LogP contribution in [-0.2, 0) is 23.9 Å². The number of esters is 1. The Kier molecular flexibility index (Phi) is 18.0. The molecule has 1 aliphatic heterocycles. The van der Waals surface area contributed by atoms with E-state index in [2.05, 4.69) is 24.1 Å². The molecule has 1 aliphatic rings. The van der Waals surface area contributed by atoms with Gasteiger partial charge in [0.1, 0.15) is 12.1 Å². The molecule has 0 saturated heterocycles. The lowest BCUT2D eigenvalue weighted by Gasteiger charge is -2.31. The molecule has 0 aromatic carbocycles. The molecule has 8 nitrogen and oxygen atoms in total. The number of nitrogens with zero attached hydrogens (tertiary/aromatic N) is 1. The Bertz CT molecular complexity index is 869. The van der Waals surface area contributed by atoms with Gasteiger partial charge in [0.05, 0.1) is 12.5 Å². The predicted octanol–water partition coefficient (Wildman–Crippen LogP) is 6.06. The van der Waals surface area contributed by atoms with Gasteiger partial charge in [-0.1, -0.05) is 118 Å². The Morgan fingerprint density at radius 1 is 0.902 bits per heavy atom. The Balaban J connectivity index is 2.79. The van der Waals surface area contributed by atoms with E-state index in [4.69, 9.17) is 4.74 Å². The number of allylic oxidation sites excluding steroid dienone is 1. The van der Waals surface area contributed by atoms with Crippen molar-refractivity contribution in [1.82, 2.24) is 15.5 Å². The number of hydrogen-bond acceptors (Lipinski definition) is 5. The Hall–Kier alpha value is -2.64. The highest BCUT2D eigenvalue weighted by atomic mass is 16.5. The van der Waals surface area contributed by atoms with Crippen LogP contribution >= 0.6 is 0 Å². The van der Waals surface area contributed by atoms with E-state index in [0.29, 0.717) is 0 Å². The van der Waals surface area contributed by atoms with Crippen molar-refractivity contribution in [2.45, 2.75) is 130 Å². The molecule has 0 spiro atoms. The fraction of sp³-hybridized carbons (Fsp3) is 0.758. The lowest BCUT2D eigenvalue weighted by Crippen LogP contribution is -2.51.